The van der Waals surface area contributed by atoms with Crippen LogP contribution in [0, 0.1) is 10.6 Å². The van der Waals surface area contributed by atoms with Gasteiger partial charge in [0, 0.05) is 15.6 Å². The first-order chi connectivity index (χ1) is 10.6. The standard InChI is InChI=1S/C15H10BrFN4S/c16-13-7-2-1-4-11(13)9-18-21-14(19-20-15(21)22)10-5-3-6-12(17)8-10/h1-9H,(H,20,22)/b18-9-. The predicted octanol–water partition coefficient (Wildman–Crippen LogP) is 4.39. The fourth-order valence-electron chi connectivity index (χ4n) is 1.91. The van der Waals surface area contributed by atoms with Gasteiger partial charge >= 0.3 is 0 Å². The van der Waals surface area contributed by atoms with Crippen LogP contribution in [0.2, 0.25) is 0 Å². The van der Waals surface area contributed by atoms with Crippen molar-refractivity contribution < 1.29 is 4.39 Å². The van der Waals surface area contributed by atoms with E-state index < -0.39 is 0 Å². The third-order valence-electron chi connectivity index (χ3n) is 2.95. The fraction of sp³-hybridized carbons (Fsp3) is 0. The summed E-state index contributed by atoms with van der Waals surface area (Å²) in [7, 11) is 0. The van der Waals surface area contributed by atoms with E-state index in [1.165, 1.54) is 16.8 Å². The molecule has 1 aromatic heterocycles. The monoisotopic (exact) mass is 376 g/mol. The van der Waals surface area contributed by atoms with Crippen molar-refractivity contribution in [2.75, 3.05) is 0 Å². The summed E-state index contributed by atoms with van der Waals surface area (Å²) in [4.78, 5) is 0. The Morgan fingerprint density at radius 1 is 1.23 bits per heavy atom. The summed E-state index contributed by atoms with van der Waals surface area (Å²) in [5, 5.41) is 11.1. The zero-order chi connectivity index (χ0) is 15.5. The Morgan fingerprint density at radius 3 is 2.82 bits per heavy atom. The molecule has 0 saturated heterocycles. The third kappa shape index (κ3) is 3.05. The summed E-state index contributed by atoms with van der Waals surface area (Å²) < 4.78 is 16.1. The Labute approximate surface area is 139 Å². The van der Waals surface area contributed by atoms with Crippen LogP contribution in [0.4, 0.5) is 4.39 Å². The van der Waals surface area contributed by atoms with Gasteiger partial charge in [-0.25, -0.2) is 9.49 Å². The summed E-state index contributed by atoms with van der Waals surface area (Å²) in [5.74, 6) is 0.112. The van der Waals surface area contributed by atoms with Crippen molar-refractivity contribution in [3.63, 3.8) is 0 Å². The molecule has 0 amide bonds. The first-order valence-corrected chi connectivity index (χ1v) is 7.57. The Morgan fingerprint density at radius 2 is 2.05 bits per heavy atom. The molecule has 7 heteroatoms. The van der Waals surface area contributed by atoms with Gasteiger partial charge in [-0.2, -0.15) is 14.9 Å². The number of hydrogen-bond acceptors (Lipinski definition) is 3. The number of halogens is 2. The molecule has 22 heavy (non-hydrogen) atoms. The number of benzene rings is 2. The maximum absolute atomic E-state index is 13.4. The fourth-order valence-corrected chi connectivity index (χ4v) is 2.48. The lowest BCUT2D eigenvalue weighted by Crippen LogP contribution is -1.95. The highest BCUT2D eigenvalue weighted by atomic mass is 79.9. The molecular formula is C15H10BrFN4S. The average molecular weight is 377 g/mol. The summed E-state index contributed by atoms with van der Waals surface area (Å²) in [6.07, 6.45) is 1.66. The first kappa shape index (κ1) is 14.8. The molecule has 0 fully saturated rings. The molecule has 0 aliphatic heterocycles. The van der Waals surface area contributed by atoms with Crippen molar-refractivity contribution >= 4 is 34.4 Å². The van der Waals surface area contributed by atoms with Gasteiger partial charge in [0.2, 0.25) is 4.77 Å². The van der Waals surface area contributed by atoms with Crippen LogP contribution in [-0.4, -0.2) is 21.1 Å². The minimum absolute atomic E-state index is 0.336. The van der Waals surface area contributed by atoms with Crippen molar-refractivity contribution in [2.45, 2.75) is 0 Å². The van der Waals surface area contributed by atoms with Crippen molar-refractivity contribution in [3.8, 4) is 11.4 Å². The second kappa shape index (κ2) is 6.33. The van der Waals surface area contributed by atoms with Crippen molar-refractivity contribution in [1.29, 1.82) is 0 Å². The Balaban J connectivity index is 2.04. The van der Waals surface area contributed by atoms with Crippen LogP contribution in [0.5, 0.6) is 0 Å². The van der Waals surface area contributed by atoms with Gasteiger partial charge < -0.3 is 0 Å². The van der Waals surface area contributed by atoms with E-state index in [0.717, 1.165) is 10.0 Å². The normalized spacial score (nSPS) is 11.2. The van der Waals surface area contributed by atoms with E-state index in [1.807, 2.05) is 24.3 Å². The van der Waals surface area contributed by atoms with Gasteiger partial charge in [0.25, 0.3) is 0 Å². The van der Waals surface area contributed by atoms with Crippen molar-refractivity contribution in [1.82, 2.24) is 14.9 Å². The molecule has 0 bridgehead atoms. The van der Waals surface area contributed by atoms with E-state index in [9.17, 15) is 4.39 Å². The van der Waals surface area contributed by atoms with Gasteiger partial charge in [-0.05, 0) is 30.4 Å². The molecule has 4 nitrogen and oxygen atoms in total. The molecule has 110 valence electrons. The van der Waals surface area contributed by atoms with E-state index in [0.29, 0.717) is 16.2 Å². The molecule has 0 aliphatic rings. The molecule has 2 aromatic carbocycles. The van der Waals surface area contributed by atoms with Crippen LogP contribution >= 0.6 is 28.1 Å². The number of hydrogen-bond donors (Lipinski definition) is 1. The molecular weight excluding hydrogens is 367 g/mol. The minimum Gasteiger partial charge on any atom is -0.250 e. The van der Waals surface area contributed by atoms with E-state index in [2.05, 4.69) is 31.2 Å². The van der Waals surface area contributed by atoms with Crippen LogP contribution in [-0.2, 0) is 0 Å². The molecule has 3 rings (SSSR count). The zero-order valence-corrected chi connectivity index (χ0v) is 13.6. The molecule has 3 aromatic rings. The molecule has 0 aliphatic carbocycles. The van der Waals surface area contributed by atoms with Crippen molar-refractivity contribution in [3.05, 3.63) is 69.2 Å². The highest BCUT2D eigenvalue weighted by Gasteiger charge is 2.08. The molecule has 0 saturated carbocycles. The molecule has 0 unspecified atom stereocenters. The van der Waals surface area contributed by atoms with E-state index >= 15 is 0 Å². The van der Waals surface area contributed by atoms with E-state index in [1.54, 1.807) is 18.3 Å². The van der Waals surface area contributed by atoms with Gasteiger partial charge in [-0.15, -0.1) is 0 Å². The number of nitrogens with zero attached hydrogens (tertiary/aromatic N) is 3. The lowest BCUT2D eigenvalue weighted by atomic mass is 10.2. The topological polar surface area (TPSA) is 46.0 Å². The Kier molecular flexibility index (Phi) is 4.26. The largest absolute Gasteiger partial charge is 0.250 e. The summed E-state index contributed by atoms with van der Waals surface area (Å²) >= 11 is 8.63. The zero-order valence-electron chi connectivity index (χ0n) is 11.2. The Hall–Kier alpha value is -2.12. The predicted molar refractivity (Wildman–Crippen MR) is 89.9 cm³/mol. The molecule has 0 atom stereocenters. The van der Waals surface area contributed by atoms with Crippen LogP contribution in [0.3, 0.4) is 0 Å². The summed E-state index contributed by atoms with van der Waals surface area (Å²) in [6.45, 7) is 0. The number of aromatic amines is 1. The van der Waals surface area contributed by atoms with E-state index in [-0.39, 0.29) is 5.82 Å². The quantitative estimate of drug-likeness (QED) is 0.544. The minimum atomic E-state index is -0.340. The van der Waals surface area contributed by atoms with Crippen LogP contribution in [0.1, 0.15) is 5.56 Å². The molecule has 0 spiro atoms. The molecule has 1 N–H and O–H groups in total. The number of H-pyrrole nitrogens is 1. The highest BCUT2D eigenvalue weighted by molar-refractivity contribution is 9.10. The second-order valence-corrected chi connectivity index (χ2v) is 5.68. The number of rotatable bonds is 3. The molecule has 1 heterocycles. The van der Waals surface area contributed by atoms with E-state index in [4.69, 9.17) is 12.2 Å². The van der Waals surface area contributed by atoms with Gasteiger partial charge in [-0.1, -0.05) is 46.3 Å². The lowest BCUT2D eigenvalue weighted by Gasteiger charge is -2.01. The highest BCUT2D eigenvalue weighted by Crippen LogP contribution is 2.19. The van der Waals surface area contributed by atoms with Gasteiger partial charge in [0.15, 0.2) is 5.82 Å². The second-order valence-electron chi connectivity index (χ2n) is 4.44. The lowest BCUT2D eigenvalue weighted by molar-refractivity contribution is 0.628. The number of aromatic nitrogens is 3. The number of nitrogens with one attached hydrogen (secondary N) is 1. The summed E-state index contributed by atoms with van der Waals surface area (Å²) in [6, 6.07) is 13.8. The Bertz CT molecular complexity index is 900. The average Bonchev–Trinajstić information content (AvgIpc) is 2.87. The SMILES string of the molecule is Fc1cccc(-c2n[nH]c(=S)n2/N=C\c2ccccc2Br)c1. The summed E-state index contributed by atoms with van der Waals surface area (Å²) in [5.41, 5.74) is 1.49. The van der Waals surface area contributed by atoms with Crippen molar-refractivity contribution in [2.24, 2.45) is 5.10 Å². The van der Waals surface area contributed by atoms with Crippen LogP contribution < -0.4 is 0 Å². The molecule has 0 radical (unpaired) electrons. The third-order valence-corrected chi connectivity index (χ3v) is 3.94. The maximum atomic E-state index is 13.4. The smallest absolute Gasteiger partial charge is 0.216 e. The van der Waals surface area contributed by atoms with Gasteiger partial charge in [0.05, 0.1) is 6.21 Å². The van der Waals surface area contributed by atoms with Gasteiger partial charge in [-0.3, -0.25) is 0 Å². The first-order valence-electron chi connectivity index (χ1n) is 6.37. The van der Waals surface area contributed by atoms with Gasteiger partial charge in [0.1, 0.15) is 5.82 Å². The van der Waals surface area contributed by atoms with Crippen LogP contribution in [0.25, 0.3) is 11.4 Å². The van der Waals surface area contributed by atoms with Crippen LogP contribution in [0.15, 0.2) is 58.1 Å². The maximum Gasteiger partial charge on any atom is 0.216 e.